The molecular weight excluding hydrogens is 352 g/mol. The minimum atomic E-state index is -0.293. The lowest BCUT2D eigenvalue weighted by Crippen LogP contribution is -2.37. The van der Waals surface area contributed by atoms with Gasteiger partial charge in [0, 0.05) is 13.1 Å². The van der Waals surface area contributed by atoms with Gasteiger partial charge in [-0.2, -0.15) is 0 Å². The van der Waals surface area contributed by atoms with Gasteiger partial charge in [0.05, 0.1) is 6.61 Å². The zero-order valence-corrected chi connectivity index (χ0v) is 17.7. The zero-order valence-electron chi connectivity index (χ0n) is 17.7. The molecule has 2 amide bonds. The van der Waals surface area contributed by atoms with Crippen molar-refractivity contribution in [1.29, 1.82) is 0 Å². The van der Waals surface area contributed by atoms with Crippen molar-refractivity contribution in [3.05, 3.63) is 24.3 Å². The largest absolute Gasteiger partial charge is 0.508 e. The van der Waals surface area contributed by atoms with E-state index in [0.717, 1.165) is 50.9 Å². The summed E-state index contributed by atoms with van der Waals surface area (Å²) in [4.78, 5) is 13.4. The molecule has 0 saturated carbocycles. The van der Waals surface area contributed by atoms with E-state index in [0.29, 0.717) is 6.61 Å². The van der Waals surface area contributed by atoms with Crippen molar-refractivity contribution >= 4 is 6.03 Å². The lowest BCUT2D eigenvalue weighted by molar-refractivity contribution is 0.204. The number of phenols is 1. The van der Waals surface area contributed by atoms with Gasteiger partial charge in [0.2, 0.25) is 0 Å². The maximum atomic E-state index is 11.6. The number of ether oxygens (including phenoxy) is 1. The number of nitrogens with zero attached hydrogens (tertiary/aromatic N) is 1. The summed E-state index contributed by atoms with van der Waals surface area (Å²) in [6, 6.07) is 6.50. The summed E-state index contributed by atoms with van der Waals surface area (Å²) < 4.78 is 5.64. The second kappa shape index (κ2) is 16.1. The molecule has 1 aromatic rings. The Labute approximate surface area is 171 Å². The average molecular weight is 393 g/mol. The van der Waals surface area contributed by atoms with Crippen molar-refractivity contribution in [2.75, 3.05) is 19.7 Å². The Morgan fingerprint density at radius 1 is 0.857 bits per heavy atom. The van der Waals surface area contributed by atoms with E-state index >= 15 is 0 Å². The molecule has 0 aliphatic carbocycles. The first kappa shape index (κ1) is 24.1. The van der Waals surface area contributed by atoms with E-state index in [1.165, 1.54) is 44.9 Å². The second-order valence-corrected chi connectivity index (χ2v) is 7.56. The molecule has 0 aliphatic heterocycles. The van der Waals surface area contributed by atoms with Gasteiger partial charge in [-0.1, -0.05) is 64.7 Å². The lowest BCUT2D eigenvalue weighted by atomic mass is 10.1. The maximum absolute atomic E-state index is 11.6. The third kappa shape index (κ3) is 12.5. The third-order valence-corrected chi connectivity index (χ3v) is 5.02. The molecule has 0 unspecified atom stereocenters. The van der Waals surface area contributed by atoms with Gasteiger partial charge in [-0.3, -0.25) is 0 Å². The lowest BCUT2D eigenvalue weighted by Gasteiger charge is -2.20. The average Bonchev–Trinajstić information content (AvgIpc) is 2.68. The molecule has 5 heteroatoms. The van der Waals surface area contributed by atoms with Crippen molar-refractivity contribution in [3.8, 4) is 11.5 Å². The van der Waals surface area contributed by atoms with Gasteiger partial charge in [-0.25, -0.2) is 4.79 Å². The van der Waals surface area contributed by atoms with Crippen LogP contribution in [0.1, 0.15) is 84.0 Å². The van der Waals surface area contributed by atoms with Crippen LogP contribution in [0, 0.1) is 0 Å². The molecular formula is C23H40N2O3. The number of phenolic OH excluding ortho intramolecular Hbond substituents is 1. The predicted octanol–water partition coefficient (Wildman–Crippen LogP) is 5.85. The number of rotatable bonds is 17. The molecule has 3 N–H and O–H groups in total. The Kier molecular flexibility index (Phi) is 13.9. The van der Waals surface area contributed by atoms with Gasteiger partial charge in [-0.05, 0) is 43.5 Å². The molecule has 160 valence electrons. The molecule has 5 nitrogen and oxygen atoms in total. The van der Waals surface area contributed by atoms with E-state index in [1.54, 1.807) is 29.2 Å². The van der Waals surface area contributed by atoms with Gasteiger partial charge in [-0.15, -0.1) is 0 Å². The summed E-state index contributed by atoms with van der Waals surface area (Å²) in [5.74, 6) is 1.03. The summed E-state index contributed by atoms with van der Waals surface area (Å²) in [7, 11) is 0. The molecule has 0 fully saturated rings. The summed E-state index contributed by atoms with van der Waals surface area (Å²) in [5.41, 5.74) is 5.52. The first-order valence-electron chi connectivity index (χ1n) is 11.1. The molecule has 0 bridgehead atoms. The van der Waals surface area contributed by atoms with Crippen LogP contribution in [0.4, 0.5) is 4.79 Å². The highest BCUT2D eigenvalue weighted by Crippen LogP contribution is 2.16. The van der Waals surface area contributed by atoms with Crippen LogP contribution in [0.5, 0.6) is 11.5 Å². The fourth-order valence-electron chi connectivity index (χ4n) is 3.26. The fraction of sp³-hybridized carbons (Fsp3) is 0.696. The van der Waals surface area contributed by atoms with Crippen LogP contribution in [0.15, 0.2) is 24.3 Å². The topological polar surface area (TPSA) is 75.8 Å². The van der Waals surface area contributed by atoms with Crippen LogP contribution >= 0.6 is 0 Å². The Morgan fingerprint density at radius 2 is 1.36 bits per heavy atom. The highest BCUT2D eigenvalue weighted by Gasteiger charge is 2.08. The molecule has 1 aromatic carbocycles. The smallest absolute Gasteiger partial charge is 0.314 e. The molecule has 28 heavy (non-hydrogen) atoms. The molecule has 0 aliphatic rings. The summed E-state index contributed by atoms with van der Waals surface area (Å²) >= 11 is 0. The number of primary amides is 1. The minimum Gasteiger partial charge on any atom is -0.508 e. The number of nitrogens with two attached hydrogens (primary N) is 1. The number of hydrogen-bond acceptors (Lipinski definition) is 3. The Bertz CT molecular complexity index is 505. The van der Waals surface area contributed by atoms with Crippen LogP contribution in [0.2, 0.25) is 0 Å². The SMILES string of the molecule is CCCCCCCCCCN(CCCCCCOc1ccc(O)cc1)C(N)=O. The van der Waals surface area contributed by atoms with Gasteiger partial charge in [0.25, 0.3) is 0 Å². The number of urea groups is 1. The summed E-state index contributed by atoms with van der Waals surface area (Å²) in [6.45, 7) is 4.45. The number of aromatic hydroxyl groups is 1. The first-order chi connectivity index (χ1) is 13.6. The van der Waals surface area contributed by atoms with Crippen molar-refractivity contribution in [2.45, 2.75) is 84.0 Å². The van der Waals surface area contributed by atoms with Gasteiger partial charge in [0.1, 0.15) is 11.5 Å². The van der Waals surface area contributed by atoms with Crippen LogP contribution in [-0.4, -0.2) is 35.7 Å². The second-order valence-electron chi connectivity index (χ2n) is 7.56. The van der Waals surface area contributed by atoms with E-state index in [1.807, 2.05) is 0 Å². The van der Waals surface area contributed by atoms with Crippen LogP contribution < -0.4 is 10.5 Å². The number of carbonyl (C=O) groups excluding carboxylic acids is 1. The standard InChI is InChI=1S/C23H40N2O3/c1-2-3-4-5-6-7-8-11-18-25(23(24)27)19-12-9-10-13-20-28-22-16-14-21(26)15-17-22/h14-17,26H,2-13,18-20H2,1H3,(H2,24,27). The molecule has 1 rings (SSSR count). The fourth-order valence-corrected chi connectivity index (χ4v) is 3.26. The molecule has 0 aromatic heterocycles. The zero-order chi connectivity index (χ0) is 20.5. The molecule has 0 atom stereocenters. The van der Waals surface area contributed by atoms with Crippen molar-refractivity contribution in [2.24, 2.45) is 5.73 Å². The van der Waals surface area contributed by atoms with Crippen molar-refractivity contribution < 1.29 is 14.6 Å². The number of amides is 2. The number of hydrogen-bond donors (Lipinski definition) is 2. The molecule has 0 saturated heterocycles. The van der Waals surface area contributed by atoms with Crippen molar-refractivity contribution in [1.82, 2.24) is 4.90 Å². The van der Waals surface area contributed by atoms with E-state index in [-0.39, 0.29) is 11.8 Å². The number of carbonyl (C=O) groups is 1. The summed E-state index contributed by atoms with van der Waals surface area (Å²) in [5, 5.41) is 9.24. The van der Waals surface area contributed by atoms with Crippen LogP contribution in [-0.2, 0) is 0 Å². The Morgan fingerprint density at radius 3 is 1.89 bits per heavy atom. The maximum Gasteiger partial charge on any atom is 0.314 e. The van der Waals surface area contributed by atoms with Gasteiger partial charge < -0.3 is 20.5 Å². The molecule has 0 radical (unpaired) electrons. The first-order valence-corrected chi connectivity index (χ1v) is 11.1. The van der Waals surface area contributed by atoms with E-state index in [4.69, 9.17) is 10.5 Å². The number of unbranched alkanes of at least 4 members (excludes halogenated alkanes) is 10. The Balaban J connectivity index is 1.99. The molecule has 0 spiro atoms. The van der Waals surface area contributed by atoms with Crippen LogP contribution in [0.25, 0.3) is 0 Å². The molecule has 0 heterocycles. The van der Waals surface area contributed by atoms with Gasteiger partial charge >= 0.3 is 6.03 Å². The predicted molar refractivity (Wildman–Crippen MR) is 116 cm³/mol. The highest BCUT2D eigenvalue weighted by atomic mass is 16.5. The summed E-state index contributed by atoms with van der Waals surface area (Å²) in [6.07, 6.45) is 14.2. The van der Waals surface area contributed by atoms with E-state index in [2.05, 4.69) is 6.92 Å². The van der Waals surface area contributed by atoms with Gasteiger partial charge in [0.15, 0.2) is 0 Å². The minimum absolute atomic E-state index is 0.248. The quantitative estimate of drug-likeness (QED) is 0.326. The normalized spacial score (nSPS) is 10.8. The number of benzene rings is 1. The third-order valence-electron chi connectivity index (χ3n) is 5.02. The van der Waals surface area contributed by atoms with E-state index < -0.39 is 0 Å². The Hall–Kier alpha value is -1.91. The monoisotopic (exact) mass is 392 g/mol. The van der Waals surface area contributed by atoms with E-state index in [9.17, 15) is 9.90 Å². The van der Waals surface area contributed by atoms with Crippen LogP contribution in [0.3, 0.4) is 0 Å². The highest BCUT2D eigenvalue weighted by molar-refractivity contribution is 5.71. The van der Waals surface area contributed by atoms with Crippen molar-refractivity contribution in [3.63, 3.8) is 0 Å².